The summed E-state index contributed by atoms with van der Waals surface area (Å²) in [5.74, 6) is -0.273. The SMILES string of the molecule is CCCNC(=O)CN1C(=O)COc2ccc(NC(=O)Cc3ccc(Cl)cc3)cc21. The van der Waals surface area contributed by atoms with Gasteiger partial charge in [-0.05, 0) is 42.3 Å². The summed E-state index contributed by atoms with van der Waals surface area (Å²) in [6, 6.07) is 12.1. The van der Waals surface area contributed by atoms with Crippen LogP contribution in [0, 0.1) is 0 Å². The third-order valence-electron chi connectivity index (χ3n) is 4.34. The third kappa shape index (κ3) is 5.48. The van der Waals surface area contributed by atoms with E-state index in [0.29, 0.717) is 28.7 Å². The van der Waals surface area contributed by atoms with Crippen LogP contribution in [0.3, 0.4) is 0 Å². The van der Waals surface area contributed by atoms with E-state index in [-0.39, 0.29) is 37.3 Å². The number of ether oxygens (including phenoxy) is 1. The van der Waals surface area contributed by atoms with Crippen molar-refractivity contribution in [3.8, 4) is 5.75 Å². The first kappa shape index (κ1) is 20.7. The molecule has 0 saturated carbocycles. The van der Waals surface area contributed by atoms with Gasteiger partial charge in [0.25, 0.3) is 5.91 Å². The second-order valence-electron chi connectivity index (χ2n) is 6.65. The Hall–Kier alpha value is -3.06. The highest BCUT2D eigenvalue weighted by Gasteiger charge is 2.27. The number of carbonyl (C=O) groups is 3. The van der Waals surface area contributed by atoms with Crippen molar-refractivity contribution in [2.75, 3.05) is 29.9 Å². The molecular formula is C21H22ClN3O4. The first-order valence-corrected chi connectivity index (χ1v) is 9.72. The van der Waals surface area contributed by atoms with Gasteiger partial charge >= 0.3 is 0 Å². The monoisotopic (exact) mass is 415 g/mol. The molecule has 0 fully saturated rings. The van der Waals surface area contributed by atoms with Gasteiger partial charge in [0.15, 0.2) is 6.61 Å². The lowest BCUT2D eigenvalue weighted by Gasteiger charge is -2.29. The van der Waals surface area contributed by atoms with Crippen molar-refractivity contribution >= 4 is 40.7 Å². The quantitative estimate of drug-likeness (QED) is 0.727. The molecule has 0 unspecified atom stereocenters. The predicted molar refractivity (Wildman–Crippen MR) is 111 cm³/mol. The molecule has 152 valence electrons. The summed E-state index contributed by atoms with van der Waals surface area (Å²) in [6.07, 6.45) is 0.996. The van der Waals surface area contributed by atoms with E-state index in [1.807, 2.05) is 6.92 Å². The minimum atomic E-state index is -0.311. The van der Waals surface area contributed by atoms with Crippen molar-refractivity contribution in [2.45, 2.75) is 19.8 Å². The lowest BCUT2D eigenvalue weighted by atomic mass is 10.1. The second kappa shape index (κ2) is 9.43. The summed E-state index contributed by atoms with van der Waals surface area (Å²) in [6.45, 7) is 2.27. The molecule has 3 rings (SSSR count). The van der Waals surface area contributed by atoms with E-state index in [4.69, 9.17) is 16.3 Å². The molecule has 2 aromatic rings. The van der Waals surface area contributed by atoms with Crippen LogP contribution < -0.4 is 20.3 Å². The minimum absolute atomic E-state index is 0.0998. The number of anilines is 2. The van der Waals surface area contributed by atoms with E-state index >= 15 is 0 Å². The molecule has 7 nitrogen and oxygen atoms in total. The number of halogens is 1. The van der Waals surface area contributed by atoms with Crippen molar-refractivity contribution in [2.24, 2.45) is 0 Å². The van der Waals surface area contributed by atoms with Crippen LogP contribution >= 0.6 is 11.6 Å². The number of hydrogen-bond acceptors (Lipinski definition) is 4. The molecule has 1 aliphatic rings. The van der Waals surface area contributed by atoms with Crippen LogP contribution in [0.4, 0.5) is 11.4 Å². The van der Waals surface area contributed by atoms with Gasteiger partial charge in [-0.1, -0.05) is 30.7 Å². The van der Waals surface area contributed by atoms with Crippen molar-refractivity contribution in [1.29, 1.82) is 0 Å². The number of benzene rings is 2. The molecule has 3 amide bonds. The minimum Gasteiger partial charge on any atom is -0.482 e. The van der Waals surface area contributed by atoms with Crippen molar-refractivity contribution in [3.63, 3.8) is 0 Å². The first-order valence-electron chi connectivity index (χ1n) is 9.34. The summed E-state index contributed by atoms with van der Waals surface area (Å²) in [4.78, 5) is 38.1. The number of nitrogens with one attached hydrogen (secondary N) is 2. The van der Waals surface area contributed by atoms with Crippen LogP contribution in [-0.2, 0) is 20.8 Å². The molecule has 0 spiro atoms. The zero-order valence-electron chi connectivity index (χ0n) is 16.0. The van der Waals surface area contributed by atoms with Gasteiger partial charge in [0.1, 0.15) is 12.3 Å². The maximum absolute atomic E-state index is 12.4. The Kier molecular flexibility index (Phi) is 6.72. The van der Waals surface area contributed by atoms with Crippen molar-refractivity contribution in [1.82, 2.24) is 5.32 Å². The molecule has 0 aliphatic carbocycles. The molecule has 2 N–H and O–H groups in total. The number of carbonyl (C=O) groups excluding carboxylic acids is 3. The first-order chi connectivity index (χ1) is 14.0. The fourth-order valence-electron chi connectivity index (χ4n) is 2.91. The molecule has 0 radical (unpaired) electrons. The third-order valence-corrected chi connectivity index (χ3v) is 4.59. The van der Waals surface area contributed by atoms with Gasteiger partial charge in [-0.3, -0.25) is 19.3 Å². The van der Waals surface area contributed by atoms with E-state index in [1.165, 1.54) is 4.90 Å². The molecule has 0 atom stereocenters. The molecule has 0 saturated heterocycles. The summed E-state index contributed by atoms with van der Waals surface area (Å²) < 4.78 is 5.45. The summed E-state index contributed by atoms with van der Waals surface area (Å²) in [5, 5.41) is 6.18. The van der Waals surface area contributed by atoms with Crippen molar-refractivity contribution < 1.29 is 19.1 Å². The van der Waals surface area contributed by atoms with Crippen molar-refractivity contribution in [3.05, 3.63) is 53.1 Å². The van der Waals surface area contributed by atoms with Gasteiger partial charge < -0.3 is 15.4 Å². The average molecular weight is 416 g/mol. The summed E-state index contributed by atoms with van der Waals surface area (Å²) in [7, 11) is 0. The fourth-order valence-corrected chi connectivity index (χ4v) is 3.04. The zero-order chi connectivity index (χ0) is 20.8. The van der Waals surface area contributed by atoms with Gasteiger partial charge in [-0.15, -0.1) is 0 Å². The molecule has 1 aliphatic heterocycles. The number of rotatable bonds is 7. The molecule has 29 heavy (non-hydrogen) atoms. The standard InChI is InChI=1S/C21H22ClN3O4/c1-2-9-23-20(27)12-25-17-11-16(7-8-18(17)29-13-21(25)28)24-19(26)10-14-3-5-15(22)6-4-14/h3-8,11H,2,9-10,12-13H2,1H3,(H,23,27)(H,24,26). The van der Waals surface area contributed by atoms with Gasteiger partial charge in [0, 0.05) is 17.3 Å². The highest BCUT2D eigenvalue weighted by Crippen LogP contribution is 2.34. The number of fused-ring (bicyclic) bond motifs is 1. The maximum atomic E-state index is 12.4. The van der Waals surface area contributed by atoms with E-state index in [0.717, 1.165) is 12.0 Å². The fraction of sp³-hybridized carbons (Fsp3) is 0.286. The largest absolute Gasteiger partial charge is 0.482 e. The number of nitrogens with zero attached hydrogens (tertiary/aromatic N) is 1. The molecule has 0 aromatic heterocycles. The number of hydrogen-bond donors (Lipinski definition) is 2. The van der Waals surface area contributed by atoms with Crippen LogP contribution in [0.5, 0.6) is 5.75 Å². The Labute approximate surface area is 174 Å². The molecular weight excluding hydrogens is 394 g/mol. The highest BCUT2D eigenvalue weighted by molar-refractivity contribution is 6.30. The molecule has 0 bridgehead atoms. The Morgan fingerprint density at radius 3 is 2.62 bits per heavy atom. The Morgan fingerprint density at radius 2 is 1.90 bits per heavy atom. The highest BCUT2D eigenvalue weighted by atomic mass is 35.5. The van der Waals surface area contributed by atoms with Crippen LogP contribution in [0.1, 0.15) is 18.9 Å². The predicted octanol–water partition coefficient (Wildman–Crippen LogP) is 2.77. The molecule has 8 heteroatoms. The summed E-state index contributed by atoms with van der Waals surface area (Å²) >= 11 is 5.86. The Morgan fingerprint density at radius 1 is 1.14 bits per heavy atom. The van der Waals surface area contributed by atoms with E-state index in [1.54, 1.807) is 42.5 Å². The molecule has 1 heterocycles. The zero-order valence-corrected chi connectivity index (χ0v) is 16.8. The van der Waals surface area contributed by atoms with E-state index < -0.39 is 0 Å². The van der Waals surface area contributed by atoms with Gasteiger partial charge in [0.05, 0.1) is 12.1 Å². The normalized spacial score (nSPS) is 12.8. The summed E-state index contributed by atoms with van der Waals surface area (Å²) in [5.41, 5.74) is 1.80. The lowest BCUT2D eigenvalue weighted by molar-refractivity contribution is -0.125. The lowest BCUT2D eigenvalue weighted by Crippen LogP contribution is -2.45. The molecule has 2 aromatic carbocycles. The smallest absolute Gasteiger partial charge is 0.265 e. The van der Waals surface area contributed by atoms with Crippen LogP contribution in [0.2, 0.25) is 5.02 Å². The van der Waals surface area contributed by atoms with Crippen LogP contribution in [0.25, 0.3) is 0 Å². The number of amides is 3. The second-order valence-corrected chi connectivity index (χ2v) is 7.09. The maximum Gasteiger partial charge on any atom is 0.265 e. The van der Waals surface area contributed by atoms with Gasteiger partial charge in [-0.2, -0.15) is 0 Å². The van der Waals surface area contributed by atoms with Gasteiger partial charge in [0.2, 0.25) is 11.8 Å². The average Bonchev–Trinajstić information content (AvgIpc) is 2.70. The van der Waals surface area contributed by atoms with Crippen LogP contribution in [0.15, 0.2) is 42.5 Å². The van der Waals surface area contributed by atoms with E-state index in [9.17, 15) is 14.4 Å². The van der Waals surface area contributed by atoms with Crippen LogP contribution in [-0.4, -0.2) is 37.4 Å². The Balaban J connectivity index is 1.72. The van der Waals surface area contributed by atoms with E-state index in [2.05, 4.69) is 10.6 Å². The Bertz CT molecular complexity index is 915. The van der Waals surface area contributed by atoms with Gasteiger partial charge in [-0.25, -0.2) is 0 Å². The topological polar surface area (TPSA) is 87.7 Å².